The molecule has 1 unspecified atom stereocenters. The van der Waals surface area contributed by atoms with E-state index in [9.17, 15) is 0 Å². The van der Waals surface area contributed by atoms with Crippen LogP contribution in [0.1, 0.15) is 30.9 Å². The van der Waals surface area contributed by atoms with Crippen molar-refractivity contribution in [2.75, 3.05) is 0 Å². The molecule has 0 saturated heterocycles. The van der Waals surface area contributed by atoms with Gasteiger partial charge in [0.05, 0.1) is 6.04 Å². The Morgan fingerprint density at radius 3 is 2.76 bits per heavy atom. The lowest BCUT2D eigenvalue weighted by Gasteiger charge is -2.24. The Hall–Kier alpha value is -1.42. The van der Waals surface area contributed by atoms with Crippen LogP contribution in [0.2, 0.25) is 0 Å². The van der Waals surface area contributed by atoms with Crippen molar-refractivity contribution in [1.82, 2.24) is 10.3 Å². The van der Waals surface area contributed by atoms with Crippen LogP contribution in [0.5, 0.6) is 0 Å². The lowest BCUT2D eigenvalue weighted by Crippen LogP contribution is -2.37. The smallest absolute Gasteiger partial charge is 0.190 e. The molecule has 1 fully saturated rings. The van der Waals surface area contributed by atoms with Gasteiger partial charge in [-0.1, -0.05) is 30.3 Å². The van der Waals surface area contributed by atoms with Gasteiger partial charge in [-0.25, -0.2) is 5.01 Å². The molecular weight excluding hydrogens is 230 g/mol. The van der Waals surface area contributed by atoms with Gasteiger partial charge in [-0.3, -0.25) is 0 Å². The average molecular weight is 245 g/mol. The Labute approximate surface area is 107 Å². The molecule has 0 amide bonds. The van der Waals surface area contributed by atoms with E-state index >= 15 is 0 Å². The molecule has 1 atom stereocenters. The van der Waals surface area contributed by atoms with Crippen LogP contribution in [0.4, 0.5) is 0 Å². The van der Waals surface area contributed by atoms with Crippen LogP contribution in [0.3, 0.4) is 0 Å². The highest BCUT2D eigenvalue weighted by Gasteiger charge is 2.29. The highest BCUT2D eigenvalue weighted by atomic mass is 32.1. The molecule has 0 spiro atoms. The van der Waals surface area contributed by atoms with Crippen molar-refractivity contribution in [3.8, 4) is 0 Å². The number of benzene rings is 1. The Bertz CT molecular complexity index is 439. The molecule has 1 heterocycles. The van der Waals surface area contributed by atoms with Crippen LogP contribution >= 0.6 is 12.2 Å². The first-order valence-corrected chi connectivity index (χ1v) is 6.42. The normalized spacial score (nSPS) is 22.8. The van der Waals surface area contributed by atoms with Gasteiger partial charge >= 0.3 is 0 Å². The lowest BCUT2D eigenvalue weighted by atomic mass is 10.1. The summed E-state index contributed by atoms with van der Waals surface area (Å²) >= 11 is 5.41. The topological polar surface area (TPSA) is 27.6 Å². The summed E-state index contributed by atoms with van der Waals surface area (Å²) in [6, 6.07) is 11.2. The maximum atomic E-state index is 5.41. The molecule has 4 heteroatoms. The molecule has 1 aromatic rings. The van der Waals surface area contributed by atoms with Crippen molar-refractivity contribution in [3.63, 3.8) is 0 Å². The first kappa shape index (κ1) is 10.7. The zero-order chi connectivity index (χ0) is 11.7. The fraction of sp³-hybridized carbons (Fsp3) is 0.385. The molecule has 17 heavy (non-hydrogen) atoms. The molecule has 1 aromatic carbocycles. The predicted molar refractivity (Wildman–Crippen MR) is 72.9 cm³/mol. The van der Waals surface area contributed by atoms with Crippen molar-refractivity contribution in [2.45, 2.75) is 31.3 Å². The number of hydrogen-bond acceptors (Lipinski definition) is 2. The van der Waals surface area contributed by atoms with Crippen LogP contribution in [-0.4, -0.2) is 22.4 Å². The van der Waals surface area contributed by atoms with Gasteiger partial charge in [0.25, 0.3) is 0 Å². The number of nitrogens with one attached hydrogen (secondary N) is 1. The lowest BCUT2D eigenvalue weighted by molar-refractivity contribution is 0.363. The zero-order valence-electron chi connectivity index (χ0n) is 9.54. The van der Waals surface area contributed by atoms with E-state index in [2.05, 4.69) is 34.7 Å². The van der Waals surface area contributed by atoms with Crippen molar-refractivity contribution in [3.05, 3.63) is 35.9 Å². The first-order valence-electron chi connectivity index (χ1n) is 6.02. The molecule has 1 N–H and O–H groups in total. The number of nitrogens with zero attached hydrogens (tertiary/aromatic N) is 2. The molecule has 3 rings (SSSR count). The van der Waals surface area contributed by atoms with E-state index in [1.54, 1.807) is 0 Å². The fourth-order valence-corrected chi connectivity index (χ4v) is 2.37. The van der Waals surface area contributed by atoms with Crippen molar-refractivity contribution in [2.24, 2.45) is 5.10 Å². The Morgan fingerprint density at radius 2 is 2.06 bits per heavy atom. The predicted octanol–water partition coefficient (Wildman–Crippen LogP) is 2.46. The zero-order valence-corrected chi connectivity index (χ0v) is 10.4. The monoisotopic (exact) mass is 245 g/mol. The maximum absolute atomic E-state index is 5.41. The van der Waals surface area contributed by atoms with Gasteiger partial charge in [-0.2, -0.15) is 5.10 Å². The van der Waals surface area contributed by atoms with Crippen molar-refractivity contribution >= 4 is 23.5 Å². The van der Waals surface area contributed by atoms with Gasteiger partial charge < -0.3 is 5.32 Å². The molecule has 88 valence electrons. The SMILES string of the molecule is S=C(NC1CC1)N1N=CCC1c1ccccc1. The summed E-state index contributed by atoms with van der Waals surface area (Å²) in [5, 5.41) is 10.4. The summed E-state index contributed by atoms with van der Waals surface area (Å²) in [6.45, 7) is 0. The van der Waals surface area contributed by atoms with E-state index in [4.69, 9.17) is 12.2 Å². The molecule has 1 aliphatic carbocycles. The molecule has 0 aromatic heterocycles. The van der Waals surface area contributed by atoms with Crippen LogP contribution < -0.4 is 5.32 Å². The van der Waals surface area contributed by atoms with E-state index in [1.165, 1.54) is 18.4 Å². The van der Waals surface area contributed by atoms with Gasteiger partial charge in [0.1, 0.15) is 0 Å². The third-order valence-corrected chi connectivity index (χ3v) is 3.43. The van der Waals surface area contributed by atoms with Gasteiger partial charge in [-0.05, 0) is 30.6 Å². The minimum Gasteiger partial charge on any atom is -0.358 e. The Morgan fingerprint density at radius 1 is 1.29 bits per heavy atom. The summed E-state index contributed by atoms with van der Waals surface area (Å²) in [4.78, 5) is 0. The second-order valence-electron chi connectivity index (χ2n) is 4.53. The summed E-state index contributed by atoms with van der Waals surface area (Å²) in [5.74, 6) is 0. The van der Waals surface area contributed by atoms with E-state index in [0.29, 0.717) is 6.04 Å². The van der Waals surface area contributed by atoms with Gasteiger partial charge in [0, 0.05) is 18.7 Å². The first-order chi connectivity index (χ1) is 8.34. The third-order valence-electron chi connectivity index (χ3n) is 3.13. The minimum absolute atomic E-state index is 0.259. The second-order valence-corrected chi connectivity index (χ2v) is 4.92. The van der Waals surface area contributed by atoms with Crippen LogP contribution in [-0.2, 0) is 0 Å². The third kappa shape index (κ3) is 2.31. The summed E-state index contributed by atoms with van der Waals surface area (Å²) in [5.41, 5.74) is 1.27. The van der Waals surface area contributed by atoms with Gasteiger partial charge in [0.15, 0.2) is 5.11 Å². The maximum Gasteiger partial charge on any atom is 0.190 e. The van der Waals surface area contributed by atoms with Crippen LogP contribution in [0, 0.1) is 0 Å². The Balaban J connectivity index is 1.74. The largest absolute Gasteiger partial charge is 0.358 e. The molecule has 0 radical (unpaired) electrons. The average Bonchev–Trinajstić information content (AvgIpc) is 3.04. The van der Waals surface area contributed by atoms with Gasteiger partial charge in [-0.15, -0.1) is 0 Å². The van der Waals surface area contributed by atoms with Crippen molar-refractivity contribution < 1.29 is 0 Å². The summed E-state index contributed by atoms with van der Waals surface area (Å²) in [7, 11) is 0. The number of thiocarbonyl (C=S) groups is 1. The van der Waals surface area contributed by atoms with Crippen molar-refractivity contribution in [1.29, 1.82) is 0 Å². The summed E-state index contributed by atoms with van der Waals surface area (Å²) in [6.07, 6.45) is 5.33. The number of hydrazone groups is 1. The molecule has 2 aliphatic rings. The van der Waals surface area contributed by atoms with Gasteiger partial charge in [0.2, 0.25) is 0 Å². The number of hydrogen-bond donors (Lipinski definition) is 1. The molecule has 1 saturated carbocycles. The second kappa shape index (κ2) is 4.45. The minimum atomic E-state index is 0.259. The summed E-state index contributed by atoms with van der Waals surface area (Å²) < 4.78 is 0. The molecular formula is C13H15N3S. The molecule has 0 bridgehead atoms. The van der Waals surface area contributed by atoms with Crippen LogP contribution in [0.25, 0.3) is 0 Å². The highest BCUT2D eigenvalue weighted by molar-refractivity contribution is 7.80. The standard InChI is InChI=1S/C13H15N3S/c17-13(15-11-6-7-11)16-12(8-9-14-16)10-4-2-1-3-5-10/h1-5,9,11-12H,6-8H2,(H,15,17). The molecule has 3 nitrogen and oxygen atoms in total. The number of rotatable bonds is 2. The Kier molecular flexibility index (Phi) is 2.81. The van der Waals surface area contributed by atoms with Crippen LogP contribution in [0.15, 0.2) is 35.4 Å². The molecule has 1 aliphatic heterocycles. The van der Waals surface area contributed by atoms with E-state index < -0.39 is 0 Å². The highest BCUT2D eigenvalue weighted by Crippen LogP contribution is 2.29. The fourth-order valence-electron chi connectivity index (χ4n) is 2.03. The van der Waals surface area contributed by atoms with E-state index in [-0.39, 0.29) is 6.04 Å². The van der Waals surface area contributed by atoms with E-state index in [0.717, 1.165) is 11.5 Å². The quantitative estimate of drug-likeness (QED) is 0.811. The van der Waals surface area contributed by atoms with E-state index in [1.807, 2.05) is 17.3 Å².